The van der Waals surface area contributed by atoms with Crippen molar-refractivity contribution in [3.05, 3.63) is 209 Å². The Morgan fingerprint density at radius 2 is 0.974 bits per heavy atom. The van der Waals surface area contributed by atoms with Crippen LogP contribution < -0.4 is 34.5 Å². The maximum atomic E-state index is 13.8. The lowest BCUT2D eigenvalue weighted by atomic mass is 10.1. The van der Waals surface area contributed by atoms with Gasteiger partial charge in [-0.3, -0.25) is 39.5 Å². The van der Waals surface area contributed by atoms with Gasteiger partial charge >= 0.3 is 0 Å². The smallest absolute Gasteiger partial charge is 0.272 e. The third kappa shape index (κ3) is 13.8. The number of methoxy groups -OCH3 is 4. The van der Waals surface area contributed by atoms with Crippen molar-refractivity contribution in [2.24, 2.45) is 0 Å². The minimum absolute atomic E-state index is 0.0165. The van der Waals surface area contributed by atoms with E-state index in [1.165, 1.54) is 52.1 Å². The number of aromatic nitrogens is 6. The SMILES string of the molecule is COc1cc(OC)c(Cl)c(CC(=O)N(Cc2cccnc2)c2cc(Cc3ccccc3N)ncn2)c1Cl.COc1cc(OC)c(Cl)c(CC(=O)N(Cc2cccnc2)c2cc(Cc3ccccc3[N+](=O)[O-])ncn2)c1Cl. The van der Waals surface area contributed by atoms with E-state index in [1.54, 1.807) is 78.2 Å². The van der Waals surface area contributed by atoms with E-state index in [0.717, 1.165) is 16.7 Å². The molecule has 0 spiro atoms. The Hall–Kier alpha value is -8.16. The predicted molar refractivity (Wildman–Crippen MR) is 291 cm³/mol. The van der Waals surface area contributed by atoms with Crippen LogP contribution in [0.5, 0.6) is 23.0 Å². The summed E-state index contributed by atoms with van der Waals surface area (Å²) in [5.74, 6) is 1.41. The highest BCUT2D eigenvalue weighted by Crippen LogP contribution is 2.42. The topological polar surface area (TPSA) is 224 Å². The van der Waals surface area contributed by atoms with Gasteiger partial charge in [-0.2, -0.15) is 0 Å². The van der Waals surface area contributed by atoms with E-state index in [1.807, 2.05) is 42.5 Å². The molecular weight excluding hydrogens is 1060 g/mol. The van der Waals surface area contributed by atoms with Crippen molar-refractivity contribution in [2.45, 2.75) is 38.8 Å². The molecule has 0 aliphatic carbocycles. The Kier molecular flexibility index (Phi) is 19.3. The number of amides is 2. The van der Waals surface area contributed by atoms with Crippen LogP contribution in [0.2, 0.25) is 20.1 Å². The molecule has 0 aliphatic rings. The zero-order chi connectivity index (χ0) is 54.3. The van der Waals surface area contributed by atoms with E-state index in [9.17, 15) is 19.7 Å². The van der Waals surface area contributed by atoms with Crippen molar-refractivity contribution in [2.75, 3.05) is 44.0 Å². The van der Waals surface area contributed by atoms with E-state index in [2.05, 4.69) is 29.9 Å². The molecule has 4 aromatic heterocycles. The minimum Gasteiger partial charge on any atom is -0.495 e. The number of benzene rings is 4. The molecule has 390 valence electrons. The van der Waals surface area contributed by atoms with Gasteiger partial charge < -0.3 is 24.7 Å². The fourth-order valence-electron chi connectivity index (χ4n) is 7.80. The number of nitrogens with zero attached hydrogens (tertiary/aromatic N) is 9. The summed E-state index contributed by atoms with van der Waals surface area (Å²) in [5.41, 5.74) is 11.7. The van der Waals surface area contributed by atoms with Gasteiger partial charge in [-0.05, 0) is 34.9 Å². The Morgan fingerprint density at radius 3 is 1.37 bits per heavy atom. The van der Waals surface area contributed by atoms with Crippen LogP contribution in [0.4, 0.5) is 23.0 Å². The number of carbonyl (C=O) groups is 2. The van der Waals surface area contributed by atoms with Crippen LogP contribution in [0, 0.1) is 10.1 Å². The summed E-state index contributed by atoms with van der Waals surface area (Å²) < 4.78 is 21.4. The van der Waals surface area contributed by atoms with Gasteiger partial charge in [0.05, 0.1) is 90.8 Å². The number of anilines is 3. The fraction of sp³-hybridized carbons (Fsp3) is 0.185. The molecule has 18 nitrogen and oxygen atoms in total. The second kappa shape index (κ2) is 26.4. The zero-order valence-corrected chi connectivity index (χ0v) is 44.3. The highest BCUT2D eigenvalue weighted by atomic mass is 35.5. The first kappa shape index (κ1) is 55.6. The molecule has 0 radical (unpaired) electrons. The molecule has 2 amide bonds. The molecular formula is C54H48Cl4N10O8. The molecule has 76 heavy (non-hydrogen) atoms. The van der Waals surface area contributed by atoms with E-state index in [4.69, 9.17) is 71.1 Å². The van der Waals surface area contributed by atoms with Crippen LogP contribution in [0.25, 0.3) is 0 Å². The molecule has 8 rings (SSSR count). The normalized spacial score (nSPS) is 10.7. The lowest BCUT2D eigenvalue weighted by molar-refractivity contribution is -0.385. The second-order valence-electron chi connectivity index (χ2n) is 16.5. The molecule has 0 aliphatic heterocycles. The minimum atomic E-state index is -0.439. The number of nitrogens with two attached hydrogens (primary N) is 1. The third-order valence-electron chi connectivity index (χ3n) is 11.7. The average molecular weight is 1110 g/mol. The number of rotatable bonds is 19. The van der Waals surface area contributed by atoms with Gasteiger partial charge in [-0.25, -0.2) is 19.9 Å². The summed E-state index contributed by atoms with van der Waals surface area (Å²) in [4.78, 5) is 67.3. The summed E-state index contributed by atoms with van der Waals surface area (Å²) in [6, 6.07) is 27.8. The number of nitro groups is 1. The number of hydrogen-bond acceptors (Lipinski definition) is 15. The van der Waals surface area contributed by atoms with Gasteiger partial charge in [0.1, 0.15) is 47.3 Å². The van der Waals surface area contributed by atoms with Crippen LogP contribution >= 0.6 is 46.4 Å². The quantitative estimate of drug-likeness (QED) is 0.0452. The van der Waals surface area contributed by atoms with Gasteiger partial charge in [0.2, 0.25) is 11.8 Å². The Bertz CT molecular complexity index is 3290. The van der Waals surface area contributed by atoms with Gasteiger partial charge in [-0.15, -0.1) is 0 Å². The Labute approximate surface area is 457 Å². The summed E-state index contributed by atoms with van der Waals surface area (Å²) in [7, 11) is 5.87. The number of hydrogen-bond donors (Lipinski definition) is 1. The summed E-state index contributed by atoms with van der Waals surface area (Å²) in [6.45, 7) is 0.373. The van der Waals surface area contributed by atoms with Crippen molar-refractivity contribution < 1.29 is 33.5 Å². The van der Waals surface area contributed by atoms with E-state index >= 15 is 0 Å². The van der Waals surface area contributed by atoms with Crippen molar-refractivity contribution in [3.63, 3.8) is 0 Å². The Morgan fingerprint density at radius 1 is 0.566 bits per heavy atom. The molecule has 0 atom stereocenters. The highest BCUT2D eigenvalue weighted by Gasteiger charge is 2.27. The maximum Gasteiger partial charge on any atom is 0.272 e. The number of ether oxygens (including phenoxy) is 4. The average Bonchev–Trinajstić information content (AvgIpc) is 3.43. The molecule has 4 aromatic carbocycles. The van der Waals surface area contributed by atoms with E-state index in [-0.39, 0.29) is 69.9 Å². The molecule has 4 heterocycles. The van der Waals surface area contributed by atoms with Crippen molar-refractivity contribution in [3.8, 4) is 23.0 Å². The number of carbonyl (C=O) groups excluding carboxylic acids is 2. The third-order valence-corrected chi connectivity index (χ3v) is 13.3. The van der Waals surface area contributed by atoms with Crippen molar-refractivity contribution in [1.82, 2.24) is 29.9 Å². The highest BCUT2D eigenvalue weighted by molar-refractivity contribution is 6.39. The monoisotopic (exact) mass is 1100 g/mol. The Balaban J connectivity index is 0.000000221. The zero-order valence-electron chi connectivity index (χ0n) is 41.3. The number of para-hydroxylation sites is 2. The molecule has 0 unspecified atom stereocenters. The van der Waals surface area contributed by atoms with Gasteiger partial charge in [-0.1, -0.05) is 94.9 Å². The summed E-state index contributed by atoms with van der Waals surface area (Å²) in [6.07, 6.45) is 9.75. The van der Waals surface area contributed by atoms with Crippen LogP contribution in [0.1, 0.15) is 44.8 Å². The van der Waals surface area contributed by atoms with Crippen LogP contribution in [-0.2, 0) is 48.4 Å². The van der Waals surface area contributed by atoms with Crippen LogP contribution in [0.3, 0.4) is 0 Å². The molecule has 0 fully saturated rings. The van der Waals surface area contributed by atoms with Gasteiger partial charge in [0, 0.05) is 90.3 Å². The molecule has 22 heteroatoms. The van der Waals surface area contributed by atoms with Crippen molar-refractivity contribution in [1.29, 1.82) is 0 Å². The first-order chi connectivity index (χ1) is 36.7. The lowest BCUT2D eigenvalue weighted by Crippen LogP contribution is -2.33. The molecule has 0 saturated heterocycles. The molecule has 8 aromatic rings. The van der Waals surface area contributed by atoms with E-state index in [0.29, 0.717) is 74.8 Å². The predicted octanol–water partition coefficient (Wildman–Crippen LogP) is 10.6. The molecule has 0 saturated carbocycles. The largest absolute Gasteiger partial charge is 0.495 e. The number of nitrogen functional groups attached to an aromatic ring is 1. The van der Waals surface area contributed by atoms with Crippen LogP contribution in [-0.4, -0.2) is 75.1 Å². The number of halogens is 4. The molecule has 0 bridgehead atoms. The maximum absolute atomic E-state index is 13.8. The number of nitro benzene ring substituents is 1. The fourth-order valence-corrected chi connectivity index (χ4v) is 9.07. The first-order valence-electron chi connectivity index (χ1n) is 23.0. The summed E-state index contributed by atoms with van der Waals surface area (Å²) >= 11 is 26.1. The lowest BCUT2D eigenvalue weighted by Gasteiger charge is -2.23. The van der Waals surface area contributed by atoms with E-state index < -0.39 is 4.92 Å². The van der Waals surface area contributed by atoms with Crippen molar-refractivity contribution >= 4 is 81.2 Å². The standard InChI is InChI=1S/C27H23Cl2N5O5.C27H25Cl2N5O3/c1-38-22-13-23(39-2)27(29)20(26(22)28)12-25(35)33(15-17-6-5-9-30-14-17)24-11-19(31-16-32-24)10-18-7-3-4-8-21(18)34(36)37;1-36-22-13-23(37-2)27(29)20(26(22)28)12-25(35)34(15-17-6-5-9-31-14-17)24-11-19(32-16-33-24)10-18-7-3-4-8-21(18)30/h3-9,11,13-14,16H,10,12,15H2,1-2H3;3-9,11,13-14,16H,10,12,15,30H2,1-2H3. The molecule has 2 N–H and O–H groups in total. The van der Waals surface area contributed by atoms with Gasteiger partial charge in [0.15, 0.2) is 0 Å². The second-order valence-corrected chi connectivity index (χ2v) is 18.0. The summed E-state index contributed by atoms with van der Waals surface area (Å²) in [5, 5.41) is 12.3. The number of pyridine rings is 2. The first-order valence-corrected chi connectivity index (χ1v) is 24.5. The van der Waals surface area contributed by atoms with Gasteiger partial charge in [0.25, 0.3) is 5.69 Å². The van der Waals surface area contributed by atoms with Crippen LogP contribution in [0.15, 0.2) is 135 Å².